The van der Waals surface area contributed by atoms with Crippen LogP contribution in [0.25, 0.3) is 10.2 Å². The summed E-state index contributed by atoms with van der Waals surface area (Å²) in [6, 6.07) is 0. The summed E-state index contributed by atoms with van der Waals surface area (Å²) in [5.41, 5.74) is 1.08. The van der Waals surface area contributed by atoms with E-state index < -0.39 is 0 Å². The highest BCUT2D eigenvalue weighted by atomic mass is 32.2. The third kappa shape index (κ3) is 3.71. The van der Waals surface area contributed by atoms with Crippen molar-refractivity contribution in [3.63, 3.8) is 0 Å². The number of ether oxygens (including phenoxy) is 2. The van der Waals surface area contributed by atoms with Gasteiger partial charge in [-0.1, -0.05) is 23.5 Å². The van der Waals surface area contributed by atoms with Crippen LogP contribution >= 0.6 is 34.9 Å². The van der Waals surface area contributed by atoms with Crippen LogP contribution in [0, 0.1) is 0 Å². The van der Waals surface area contributed by atoms with E-state index in [-0.39, 0.29) is 17.3 Å². The number of nitrogens with zero attached hydrogens (tertiary/aromatic N) is 2. The van der Waals surface area contributed by atoms with Gasteiger partial charge in [0.1, 0.15) is 9.86 Å². The maximum Gasteiger partial charge on any atom is 0.316 e. The Hall–Kier alpha value is -0.830. The molecule has 0 aliphatic carbocycles. The molecule has 0 radical (unpaired) electrons. The van der Waals surface area contributed by atoms with Crippen molar-refractivity contribution in [1.29, 1.82) is 0 Å². The number of esters is 1. The first-order valence-corrected chi connectivity index (χ1v) is 10.7. The molecule has 0 aromatic carbocycles. The van der Waals surface area contributed by atoms with Crippen LogP contribution in [-0.2, 0) is 27.3 Å². The van der Waals surface area contributed by atoms with Crippen molar-refractivity contribution >= 4 is 51.0 Å². The largest absolute Gasteiger partial charge is 0.465 e. The number of rotatable bonds is 5. The molecule has 0 amide bonds. The lowest BCUT2D eigenvalue weighted by Gasteiger charge is -2.30. The van der Waals surface area contributed by atoms with E-state index in [1.54, 1.807) is 11.3 Å². The van der Waals surface area contributed by atoms with Crippen LogP contribution in [0.1, 0.15) is 31.2 Å². The molecule has 24 heavy (non-hydrogen) atoms. The van der Waals surface area contributed by atoms with Crippen LogP contribution in [0.4, 0.5) is 0 Å². The summed E-state index contributed by atoms with van der Waals surface area (Å²) < 4.78 is 11.0. The molecule has 2 aromatic heterocycles. The molecule has 0 atom stereocenters. The number of hydrogen-bond donors (Lipinski definition) is 0. The maximum atomic E-state index is 11.7. The highest BCUT2D eigenvalue weighted by molar-refractivity contribution is 8.00. The third-order valence-electron chi connectivity index (χ3n) is 3.69. The minimum absolute atomic E-state index is 0.192. The molecule has 0 bridgehead atoms. The van der Waals surface area contributed by atoms with Gasteiger partial charge in [0.05, 0.1) is 24.6 Å². The van der Waals surface area contributed by atoms with Gasteiger partial charge in [0, 0.05) is 16.7 Å². The highest BCUT2D eigenvalue weighted by Gasteiger charge is 2.31. The summed E-state index contributed by atoms with van der Waals surface area (Å²) >= 11 is 4.61. The van der Waals surface area contributed by atoms with Crippen molar-refractivity contribution in [3.8, 4) is 0 Å². The molecular weight excluding hydrogens is 364 g/mol. The van der Waals surface area contributed by atoms with Crippen molar-refractivity contribution in [2.45, 2.75) is 49.6 Å². The van der Waals surface area contributed by atoms with E-state index in [4.69, 9.17) is 9.47 Å². The zero-order valence-electron chi connectivity index (χ0n) is 14.2. The molecule has 1 aliphatic heterocycles. The first-order valence-electron chi connectivity index (χ1n) is 7.72. The first-order chi connectivity index (χ1) is 11.4. The Morgan fingerprint density at radius 3 is 2.92 bits per heavy atom. The number of thiophene rings is 1. The molecule has 5 nitrogen and oxygen atoms in total. The Morgan fingerprint density at radius 1 is 1.42 bits per heavy atom. The fraction of sp³-hybridized carbons (Fsp3) is 0.562. The van der Waals surface area contributed by atoms with Crippen molar-refractivity contribution in [1.82, 2.24) is 9.97 Å². The van der Waals surface area contributed by atoms with Gasteiger partial charge in [0.2, 0.25) is 0 Å². The molecule has 3 rings (SSSR count). The van der Waals surface area contributed by atoms with Crippen LogP contribution in [0.2, 0.25) is 0 Å². The summed E-state index contributed by atoms with van der Waals surface area (Å²) in [6.45, 7) is 7.02. The van der Waals surface area contributed by atoms with E-state index in [9.17, 15) is 4.79 Å². The molecule has 0 fully saturated rings. The Balaban J connectivity index is 2.02. The lowest BCUT2D eigenvalue weighted by atomic mass is 9.95. The maximum absolute atomic E-state index is 11.7. The van der Waals surface area contributed by atoms with Gasteiger partial charge < -0.3 is 9.47 Å². The average molecular weight is 385 g/mol. The summed E-state index contributed by atoms with van der Waals surface area (Å²) in [5.74, 6) is 0.0471. The van der Waals surface area contributed by atoms with Crippen LogP contribution < -0.4 is 0 Å². The van der Waals surface area contributed by atoms with E-state index in [1.165, 1.54) is 34.0 Å². The van der Waals surface area contributed by atoms with Gasteiger partial charge in [-0.3, -0.25) is 4.79 Å². The number of hydrogen-bond acceptors (Lipinski definition) is 8. The molecule has 0 saturated heterocycles. The predicted molar refractivity (Wildman–Crippen MR) is 99.1 cm³/mol. The summed E-state index contributed by atoms with van der Waals surface area (Å²) in [5, 5.41) is 2.68. The monoisotopic (exact) mass is 384 g/mol. The Labute approximate surface area is 153 Å². The Kier molecular flexibility index (Phi) is 5.39. The average Bonchev–Trinajstić information content (AvgIpc) is 2.89. The van der Waals surface area contributed by atoms with Crippen molar-refractivity contribution in [3.05, 3.63) is 10.4 Å². The third-order valence-corrected chi connectivity index (χ3v) is 6.29. The van der Waals surface area contributed by atoms with Crippen LogP contribution in [0.5, 0.6) is 0 Å². The Morgan fingerprint density at radius 2 is 2.21 bits per heavy atom. The van der Waals surface area contributed by atoms with E-state index in [0.29, 0.717) is 13.2 Å². The fourth-order valence-electron chi connectivity index (χ4n) is 2.62. The molecule has 0 N–H and O–H groups in total. The van der Waals surface area contributed by atoms with Gasteiger partial charge in [-0.15, -0.1) is 11.3 Å². The number of aromatic nitrogens is 2. The van der Waals surface area contributed by atoms with E-state index in [0.717, 1.165) is 26.8 Å². The molecule has 1 aliphatic rings. The number of carbonyl (C=O) groups excluding carboxylic acids is 1. The van der Waals surface area contributed by atoms with Gasteiger partial charge >= 0.3 is 5.97 Å². The normalized spacial score (nSPS) is 16.2. The summed E-state index contributed by atoms with van der Waals surface area (Å²) in [4.78, 5) is 23.2. The van der Waals surface area contributed by atoms with Crippen molar-refractivity contribution < 1.29 is 14.3 Å². The molecule has 8 heteroatoms. The standard InChI is InChI=1S/C16H20N2O3S3/c1-5-20-11(19)8-23-13-12-9-6-16(2,3)21-7-10(9)24-14(12)18-15(17-13)22-4/h5-8H2,1-4H3. The second-order valence-electron chi connectivity index (χ2n) is 6.02. The van der Waals surface area contributed by atoms with E-state index in [2.05, 4.69) is 23.8 Å². The second kappa shape index (κ2) is 7.19. The quantitative estimate of drug-likeness (QED) is 0.335. The van der Waals surface area contributed by atoms with Gasteiger partial charge in [-0.05, 0) is 32.6 Å². The van der Waals surface area contributed by atoms with E-state index in [1.807, 2.05) is 13.2 Å². The van der Waals surface area contributed by atoms with Gasteiger partial charge in [0.15, 0.2) is 5.16 Å². The van der Waals surface area contributed by atoms with E-state index >= 15 is 0 Å². The zero-order valence-corrected chi connectivity index (χ0v) is 16.6. The topological polar surface area (TPSA) is 61.3 Å². The molecule has 0 unspecified atom stereocenters. The van der Waals surface area contributed by atoms with Crippen molar-refractivity contribution in [2.75, 3.05) is 18.6 Å². The molecule has 0 spiro atoms. The molecule has 130 valence electrons. The molecule has 2 aromatic rings. The fourth-order valence-corrected chi connectivity index (χ4v) is 5.12. The Bertz CT molecular complexity index is 774. The minimum atomic E-state index is -0.215. The van der Waals surface area contributed by atoms with Crippen LogP contribution in [-0.4, -0.2) is 40.2 Å². The van der Waals surface area contributed by atoms with Crippen LogP contribution in [0.3, 0.4) is 0 Å². The zero-order chi connectivity index (χ0) is 17.3. The smallest absolute Gasteiger partial charge is 0.316 e. The molecule has 3 heterocycles. The lowest BCUT2D eigenvalue weighted by molar-refractivity contribution is -0.139. The van der Waals surface area contributed by atoms with Gasteiger partial charge in [0.25, 0.3) is 0 Å². The molecule has 0 saturated carbocycles. The predicted octanol–water partition coefficient (Wildman–Crippen LogP) is 3.92. The number of carbonyl (C=O) groups is 1. The second-order valence-corrected chi connectivity index (χ2v) is 8.84. The molecular formula is C16H20N2O3S3. The SMILES string of the molecule is CCOC(=O)CSc1nc(SC)nc2sc3c(c12)CC(C)(C)OC3. The summed E-state index contributed by atoms with van der Waals surface area (Å²) in [6.07, 6.45) is 2.79. The minimum Gasteiger partial charge on any atom is -0.465 e. The highest BCUT2D eigenvalue weighted by Crippen LogP contribution is 2.42. The summed E-state index contributed by atoms with van der Waals surface area (Å²) in [7, 11) is 0. The number of thioether (sulfide) groups is 2. The lowest BCUT2D eigenvalue weighted by Crippen LogP contribution is -2.31. The number of fused-ring (bicyclic) bond motifs is 3. The van der Waals surface area contributed by atoms with Crippen molar-refractivity contribution in [2.24, 2.45) is 0 Å². The van der Waals surface area contributed by atoms with Gasteiger partial charge in [-0.2, -0.15) is 0 Å². The van der Waals surface area contributed by atoms with Gasteiger partial charge in [-0.25, -0.2) is 9.97 Å². The first kappa shape index (κ1) is 18.0. The van der Waals surface area contributed by atoms with Crippen LogP contribution in [0.15, 0.2) is 10.2 Å².